The predicted octanol–water partition coefficient (Wildman–Crippen LogP) is 5.37. The van der Waals surface area contributed by atoms with E-state index in [4.69, 9.17) is 4.74 Å². The molecule has 3 rings (SSSR count). The number of ether oxygens (including phenoxy) is 1. The Hall–Kier alpha value is -2.56. The number of hydrogen-bond donors (Lipinski definition) is 1. The number of carbonyl (C=O) groups is 1. The van der Waals surface area contributed by atoms with Crippen molar-refractivity contribution in [3.05, 3.63) is 59.9 Å². The Morgan fingerprint density at radius 1 is 1.19 bits per heavy atom. The van der Waals surface area contributed by atoms with Gasteiger partial charge >= 0.3 is 6.03 Å². The van der Waals surface area contributed by atoms with Gasteiger partial charge < -0.3 is 15.0 Å². The maximum absolute atomic E-state index is 13.7. The number of anilines is 1. The van der Waals surface area contributed by atoms with Gasteiger partial charge in [0.1, 0.15) is 11.6 Å². The highest BCUT2D eigenvalue weighted by atomic mass is 19.1. The van der Waals surface area contributed by atoms with Gasteiger partial charge in [-0.05, 0) is 61.7 Å². The molecule has 1 aliphatic heterocycles. The van der Waals surface area contributed by atoms with Crippen LogP contribution in [-0.4, -0.2) is 24.1 Å². The first-order valence-electron chi connectivity index (χ1n) is 9.23. The first kappa shape index (κ1) is 18.2. The minimum Gasteiger partial charge on any atom is -0.494 e. The molecule has 4 nitrogen and oxygen atoms in total. The summed E-state index contributed by atoms with van der Waals surface area (Å²) in [5, 5.41) is 2.96. The third-order valence-corrected chi connectivity index (χ3v) is 4.66. The van der Waals surface area contributed by atoms with Gasteiger partial charge in [-0.25, -0.2) is 9.18 Å². The molecule has 0 aliphatic carbocycles. The molecule has 2 aromatic carbocycles. The Morgan fingerprint density at radius 2 is 2.00 bits per heavy atom. The Balaban J connectivity index is 1.75. The Labute approximate surface area is 154 Å². The third kappa shape index (κ3) is 4.54. The third-order valence-electron chi connectivity index (χ3n) is 4.66. The molecule has 138 valence electrons. The van der Waals surface area contributed by atoms with Crippen molar-refractivity contribution in [2.75, 3.05) is 18.5 Å². The minimum atomic E-state index is -0.265. The summed E-state index contributed by atoms with van der Waals surface area (Å²) in [7, 11) is 0. The highest BCUT2D eigenvalue weighted by Gasteiger charge is 2.27. The van der Waals surface area contributed by atoms with Crippen LogP contribution in [-0.2, 0) is 0 Å². The average Bonchev–Trinajstić information content (AvgIpc) is 2.90. The topological polar surface area (TPSA) is 41.6 Å². The second-order valence-corrected chi connectivity index (χ2v) is 6.50. The first-order valence-corrected chi connectivity index (χ1v) is 9.23. The molecule has 0 radical (unpaired) electrons. The fourth-order valence-corrected chi connectivity index (χ4v) is 3.41. The smallest absolute Gasteiger partial charge is 0.322 e. The molecular weight excluding hydrogens is 331 g/mol. The van der Waals surface area contributed by atoms with E-state index in [1.54, 1.807) is 6.07 Å². The van der Waals surface area contributed by atoms with E-state index >= 15 is 0 Å². The molecular formula is C21H25FN2O2. The van der Waals surface area contributed by atoms with Crippen LogP contribution in [0.2, 0.25) is 0 Å². The van der Waals surface area contributed by atoms with Crippen LogP contribution in [0.1, 0.15) is 44.2 Å². The lowest BCUT2D eigenvalue weighted by Gasteiger charge is -2.30. The number of nitrogens with one attached hydrogen (secondary N) is 1. The summed E-state index contributed by atoms with van der Waals surface area (Å²) >= 11 is 0. The predicted molar refractivity (Wildman–Crippen MR) is 101 cm³/mol. The number of rotatable bonds is 4. The van der Waals surface area contributed by atoms with E-state index in [-0.39, 0.29) is 17.9 Å². The van der Waals surface area contributed by atoms with Gasteiger partial charge in [0.25, 0.3) is 0 Å². The molecule has 1 N–H and O–H groups in total. The van der Waals surface area contributed by atoms with Gasteiger partial charge in [-0.15, -0.1) is 0 Å². The van der Waals surface area contributed by atoms with Gasteiger partial charge in [-0.2, -0.15) is 0 Å². The standard InChI is InChI=1S/C21H25FN2O2/c1-2-26-19-12-10-18(11-13-19)23-21(25)24-14-5-3-4-9-20(24)16-7-6-8-17(22)15-16/h6-8,10-13,15,20H,2-5,9,14H2,1H3,(H,23,25)/t20-/m0/s1. The zero-order chi connectivity index (χ0) is 18.4. The van der Waals surface area contributed by atoms with Gasteiger partial charge in [0.05, 0.1) is 12.6 Å². The van der Waals surface area contributed by atoms with Crippen molar-refractivity contribution in [3.8, 4) is 5.75 Å². The zero-order valence-electron chi connectivity index (χ0n) is 15.1. The fourth-order valence-electron chi connectivity index (χ4n) is 3.41. The number of urea groups is 1. The summed E-state index contributed by atoms with van der Waals surface area (Å²) in [5.74, 6) is 0.511. The summed E-state index contributed by atoms with van der Waals surface area (Å²) in [6.07, 6.45) is 3.93. The first-order chi connectivity index (χ1) is 12.7. The molecule has 0 saturated carbocycles. The monoisotopic (exact) mass is 356 g/mol. The van der Waals surface area contributed by atoms with Crippen molar-refractivity contribution < 1.29 is 13.9 Å². The van der Waals surface area contributed by atoms with Crippen molar-refractivity contribution in [2.24, 2.45) is 0 Å². The van der Waals surface area contributed by atoms with Crippen LogP contribution in [0.3, 0.4) is 0 Å². The van der Waals surface area contributed by atoms with Gasteiger partial charge in [-0.3, -0.25) is 0 Å². The number of halogens is 1. The van der Waals surface area contributed by atoms with Crippen molar-refractivity contribution in [2.45, 2.75) is 38.6 Å². The second kappa shape index (κ2) is 8.70. The van der Waals surface area contributed by atoms with E-state index in [9.17, 15) is 9.18 Å². The van der Waals surface area contributed by atoms with E-state index < -0.39 is 0 Å². The number of likely N-dealkylation sites (tertiary alicyclic amines) is 1. The second-order valence-electron chi connectivity index (χ2n) is 6.50. The van der Waals surface area contributed by atoms with Crippen LogP contribution in [0, 0.1) is 5.82 Å². The van der Waals surface area contributed by atoms with E-state index in [1.165, 1.54) is 12.1 Å². The summed E-state index contributed by atoms with van der Waals surface area (Å²) in [6.45, 7) is 3.21. The quantitative estimate of drug-likeness (QED) is 0.800. The number of hydrogen-bond acceptors (Lipinski definition) is 2. The molecule has 0 bridgehead atoms. The number of benzene rings is 2. The van der Waals surface area contributed by atoms with Crippen LogP contribution in [0.25, 0.3) is 0 Å². The Morgan fingerprint density at radius 3 is 2.73 bits per heavy atom. The van der Waals surface area contributed by atoms with E-state index in [0.717, 1.165) is 42.7 Å². The lowest BCUT2D eigenvalue weighted by molar-refractivity contribution is 0.189. The van der Waals surface area contributed by atoms with E-state index in [0.29, 0.717) is 13.2 Å². The lowest BCUT2D eigenvalue weighted by Crippen LogP contribution is -2.38. The molecule has 1 aliphatic rings. The Kier molecular flexibility index (Phi) is 6.10. The SMILES string of the molecule is CCOc1ccc(NC(=O)N2CCCCC[C@H]2c2cccc(F)c2)cc1. The number of carbonyl (C=O) groups excluding carboxylic acids is 1. The van der Waals surface area contributed by atoms with E-state index in [1.807, 2.05) is 42.2 Å². The highest BCUT2D eigenvalue weighted by Crippen LogP contribution is 2.31. The summed E-state index contributed by atoms with van der Waals surface area (Å²) in [4.78, 5) is 14.7. The molecule has 1 atom stereocenters. The molecule has 0 unspecified atom stereocenters. The van der Waals surface area contributed by atoms with Gasteiger partial charge in [0.2, 0.25) is 0 Å². The minimum absolute atomic E-state index is 0.101. The average molecular weight is 356 g/mol. The molecule has 2 amide bonds. The molecule has 1 fully saturated rings. The molecule has 1 saturated heterocycles. The maximum Gasteiger partial charge on any atom is 0.322 e. The molecule has 1 heterocycles. The van der Waals surface area contributed by atoms with Crippen LogP contribution in [0.15, 0.2) is 48.5 Å². The number of nitrogens with zero attached hydrogens (tertiary/aromatic N) is 1. The molecule has 0 aromatic heterocycles. The van der Waals surface area contributed by atoms with Crippen molar-refractivity contribution >= 4 is 11.7 Å². The maximum atomic E-state index is 13.7. The van der Waals surface area contributed by atoms with Crippen LogP contribution in [0.5, 0.6) is 5.75 Å². The van der Waals surface area contributed by atoms with Crippen LogP contribution < -0.4 is 10.1 Å². The lowest BCUT2D eigenvalue weighted by atomic mass is 10.0. The summed E-state index contributed by atoms with van der Waals surface area (Å²) < 4.78 is 19.1. The van der Waals surface area contributed by atoms with Gasteiger partial charge in [0, 0.05) is 12.2 Å². The number of amides is 2. The fraction of sp³-hybridized carbons (Fsp3) is 0.381. The summed E-state index contributed by atoms with van der Waals surface area (Å²) in [6, 6.07) is 13.7. The van der Waals surface area contributed by atoms with Crippen molar-refractivity contribution in [1.29, 1.82) is 0 Å². The summed E-state index contributed by atoms with van der Waals surface area (Å²) in [5.41, 5.74) is 1.58. The van der Waals surface area contributed by atoms with Crippen LogP contribution in [0.4, 0.5) is 14.9 Å². The van der Waals surface area contributed by atoms with Crippen LogP contribution >= 0.6 is 0 Å². The van der Waals surface area contributed by atoms with Gasteiger partial charge in [-0.1, -0.05) is 25.0 Å². The largest absolute Gasteiger partial charge is 0.494 e. The molecule has 26 heavy (non-hydrogen) atoms. The molecule has 5 heteroatoms. The normalized spacial score (nSPS) is 17.5. The molecule has 0 spiro atoms. The zero-order valence-corrected chi connectivity index (χ0v) is 15.1. The van der Waals surface area contributed by atoms with Crippen molar-refractivity contribution in [3.63, 3.8) is 0 Å². The molecule has 2 aromatic rings. The van der Waals surface area contributed by atoms with E-state index in [2.05, 4.69) is 5.32 Å². The highest BCUT2D eigenvalue weighted by molar-refractivity contribution is 5.89. The Bertz CT molecular complexity index is 733. The van der Waals surface area contributed by atoms with Gasteiger partial charge in [0.15, 0.2) is 0 Å². The van der Waals surface area contributed by atoms with Crippen molar-refractivity contribution in [1.82, 2.24) is 4.90 Å².